The number of nitrogens with zero attached hydrogens (tertiary/aromatic N) is 2. The Bertz CT molecular complexity index is 940. The van der Waals surface area contributed by atoms with E-state index in [1.54, 1.807) is 30.5 Å². The molecule has 0 bridgehead atoms. The van der Waals surface area contributed by atoms with Gasteiger partial charge < -0.3 is 9.64 Å². The van der Waals surface area contributed by atoms with Gasteiger partial charge in [-0.05, 0) is 42.7 Å². The molecule has 1 aromatic heterocycles. The van der Waals surface area contributed by atoms with Crippen molar-refractivity contribution in [2.45, 2.75) is 19.4 Å². The van der Waals surface area contributed by atoms with Gasteiger partial charge in [-0.3, -0.25) is 9.89 Å². The fourth-order valence-electron chi connectivity index (χ4n) is 3.14. The Labute approximate surface area is 150 Å². The average molecular weight is 349 g/mol. The molecule has 0 radical (unpaired) electrons. The number of carbonyl (C=O) groups excluding carboxylic acids is 2. The first-order valence-corrected chi connectivity index (χ1v) is 8.69. The van der Waals surface area contributed by atoms with Crippen molar-refractivity contribution in [2.75, 3.05) is 13.1 Å². The van der Waals surface area contributed by atoms with Gasteiger partial charge in [0.15, 0.2) is 0 Å². The van der Waals surface area contributed by atoms with Gasteiger partial charge in [0.05, 0.1) is 17.3 Å². The molecule has 1 N–H and O–H groups in total. The van der Waals surface area contributed by atoms with Crippen LogP contribution in [0.5, 0.6) is 0 Å². The number of esters is 1. The van der Waals surface area contributed by atoms with Crippen LogP contribution < -0.4 is 0 Å². The highest BCUT2D eigenvalue weighted by Crippen LogP contribution is 2.16. The number of likely N-dealkylation sites (tertiary alicyclic amines) is 1. The Morgan fingerprint density at radius 2 is 1.77 bits per heavy atom. The molecule has 1 fully saturated rings. The standard InChI is InChI=1S/C20H19N3O3/c24-19(23-9-1-2-10-23)15-5-3-14(4-6-15)13-26-20(25)16-7-8-17-12-21-22-18(17)11-16/h3-8,11-12H,1-2,9-10,13H2,(H,21,22). The van der Waals surface area contributed by atoms with Gasteiger partial charge in [0.25, 0.3) is 5.91 Å². The molecular weight excluding hydrogens is 330 g/mol. The summed E-state index contributed by atoms with van der Waals surface area (Å²) in [6, 6.07) is 12.5. The Morgan fingerprint density at radius 1 is 1.04 bits per heavy atom. The van der Waals surface area contributed by atoms with Gasteiger partial charge in [-0.1, -0.05) is 18.2 Å². The molecule has 2 aromatic carbocycles. The number of fused-ring (bicyclic) bond motifs is 1. The normalized spacial score (nSPS) is 13.9. The fraction of sp³-hybridized carbons (Fsp3) is 0.250. The van der Waals surface area contributed by atoms with E-state index in [4.69, 9.17) is 4.74 Å². The van der Waals surface area contributed by atoms with Crippen molar-refractivity contribution >= 4 is 22.8 Å². The van der Waals surface area contributed by atoms with E-state index in [9.17, 15) is 9.59 Å². The number of hydrogen-bond acceptors (Lipinski definition) is 4. The number of benzene rings is 2. The number of amides is 1. The van der Waals surface area contributed by atoms with Crippen LogP contribution in [0.15, 0.2) is 48.7 Å². The Balaban J connectivity index is 1.38. The minimum absolute atomic E-state index is 0.0684. The summed E-state index contributed by atoms with van der Waals surface area (Å²) in [4.78, 5) is 26.4. The van der Waals surface area contributed by atoms with Crippen LogP contribution in [-0.2, 0) is 11.3 Å². The first kappa shape index (κ1) is 16.3. The quantitative estimate of drug-likeness (QED) is 0.734. The van der Waals surface area contributed by atoms with E-state index in [1.165, 1.54) is 0 Å². The second-order valence-electron chi connectivity index (χ2n) is 6.44. The van der Waals surface area contributed by atoms with E-state index in [-0.39, 0.29) is 12.5 Å². The first-order chi connectivity index (χ1) is 12.7. The predicted molar refractivity (Wildman–Crippen MR) is 96.8 cm³/mol. The number of aromatic amines is 1. The van der Waals surface area contributed by atoms with Crippen LogP contribution in [0.3, 0.4) is 0 Å². The van der Waals surface area contributed by atoms with E-state index in [0.717, 1.165) is 42.4 Å². The lowest BCUT2D eigenvalue weighted by Gasteiger charge is -2.15. The monoisotopic (exact) mass is 349 g/mol. The molecule has 132 valence electrons. The zero-order chi connectivity index (χ0) is 17.9. The van der Waals surface area contributed by atoms with Crippen LogP contribution in [0.4, 0.5) is 0 Å². The van der Waals surface area contributed by atoms with E-state index in [0.29, 0.717) is 11.1 Å². The highest BCUT2D eigenvalue weighted by Gasteiger charge is 2.19. The van der Waals surface area contributed by atoms with E-state index in [1.807, 2.05) is 23.1 Å². The van der Waals surface area contributed by atoms with Gasteiger partial charge in [0.2, 0.25) is 0 Å². The summed E-state index contributed by atoms with van der Waals surface area (Å²) in [5.41, 5.74) is 2.79. The van der Waals surface area contributed by atoms with Crippen molar-refractivity contribution in [1.29, 1.82) is 0 Å². The smallest absolute Gasteiger partial charge is 0.338 e. The van der Waals surface area contributed by atoms with E-state index >= 15 is 0 Å². The van der Waals surface area contributed by atoms with Gasteiger partial charge >= 0.3 is 5.97 Å². The van der Waals surface area contributed by atoms with Gasteiger partial charge in [0, 0.05) is 24.0 Å². The number of hydrogen-bond donors (Lipinski definition) is 1. The van der Waals surface area contributed by atoms with Crippen molar-refractivity contribution in [3.8, 4) is 0 Å². The van der Waals surface area contributed by atoms with Crippen molar-refractivity contribution in [3.63, 3.8) is 0 Å². The lowest BCUT2D eigenvalue weighted by molar-refractivity contribution is 0.0472. The number of ether oxygens (including phenoxy) is 1. The minimum atomic E-state index is -0.390. The number of carbonyl (C=O) groups is 2. The molecule has 0 aliphatic carbocycles. The molecule has 1 aliphatic heterocycles. The summed E-state index contributed by atoms with van der Waals surface area (Å²) in [6.45, 7) is 1.83. The zero-order valence-corrected chi connectivity index (χ0v) is 14.3. The molecule has 6 heteroatoms. The molecule has 1 saturated heterocycles. The topological polar surface area (TPSA) is 75.3 Å². The molecule has 26 heavy (non-hydrogen) atoms. The number of aromatic nitrogens is 2. The maximum absolute atomic E-state index is 12.3. The molecular formula is C20H19N3O3. The minimum Gasteiger partial charge on any atom is -0.457 e. The Hall–Kier alpha value is -3.15. The van der Waals surface area contributed by atoms with Crippen molar-refractivity contribution in [2.24, 2.45) is 0 Å². The molecule has 2 heterocycles. The van der Waals surface area contributed by atoms with Gasteiger partial charge in [0.1, 0.15) is 6.61 Å². The number of nitrogens with one attached hydrogen (secondary N) is 1. The molecule has 0 atom stereocenters. The third kappa shape index (κ3) is 3.31. The van der Waals surface area contributed by atoms with Crippen LogP contribution >= 0.6 is 0 Å². The van der Waals surface area contributed by atoms with Gasteiger partial charge in [-0.2, -0.15) is 5.10 Å². The highest BCUT2D eigenvalue weighted by molar-refractivity contribution is 5.95. The summed E-state index contributed by atoms with van der Waals surface area (Å²) < 4.78 is 5.37. The van der Waals surface area contributed by atoms with Crippen LogP contribution in [-0.4, -0.2) is 40.1 Å². The van der Waals surface area contributed by atoms with E-state index in [2.05, 4.69) is 10.2 Å². The summed E-state index contributed by atoms with van der Waals surface area (Å²) in [6.07, 6.45) is 3.85. The zero-order valence-electron chi connectivity index (χ0n) is 14.3. The van der Waals surface area contributed by atoms with Crippen molar-refractivity contribution in [3.05, 3.63) is 65.4 Å². The Kier molecular flexibility index (Phi) is 4.39. The SMILES string of the molecule is O=C(OCc1ccc(C(=O)N2CCCC2)cc1)c1ccc2cn[nH]c2c1. The lowest BCUT2D eigenvalue weighted by Crippen LogP contribution is -2.27. The maximum Gasteiger partial charge on any atom is 0.338 e. The molecule has 0 spiro atoms. The second-order valence-corrected chi connectivity index (χ2v) is 6.44. The Morgan fingerprint density at radius 3 is 2.54 bits per heavy atom. The summed E-state index contributed by atoms with van der Waals surface area (Å²) in [5.74, 6) is -0.322. The molecule has 1 aliphatic rings. The van der Waals surface area contributed by atoms with Crippen LogP contribution in [0.1, 0.15) is 39.1 Å². The summed E-state index contributed by atoms with van der Waals surface area (Å²) >= 11 is 0. The third-order valence-electron chi connectivity index (χ3n) is 4.64. The predicted octanol–water partition coefficient (Wildman–Crippen LogP) is 3.16. The highest BCUT2D eigenvalue weighted by atomic mass is 16.5. The van der Waals surface area contributed by atoms with Gasteiger partial charge in [-0.15, -0.1) is 0 Å². The van der Waals surface area contributed by atoms with Crippen LogP contribution in [0, 0.1) is 0 Å². The largest absolute Gasteiger partial charge is 0.457 e. The second kappa shape index (κ2) is 7.00. The number of H-pyrrole nitrogens is 1. The molecule has 6 nitrogen and oxygen atoms in total. The van der Waals surface area contributed by atoms with Crippen molar-refractivity contribution < 1.29 is 14.3 Å². The first-order valence-electron chi connectivity index (χ1n) is 8.69. The lowest BCUT2D eigenvalue weighted by atomic mass is 10.1. The summed E-state index contributed by atoms with van der Waals surface area (Å²) in [5, 5.41) is 7.72. The van der Waals surface area contributed by atoms with Crippen LogP contribution in [0.2, 0.25) is 0 Å². The van der Waals surface area contributed by atoms with E-state index < -0.39 is 5.97 Å². The van der Waals surface area contributed by atoms with Gasteiger partial charge in [-0.25, -0.2) is 4.79 Å². The van der Waals surface area contributed by atoms with Crippen molar-refractivity contribution in [1.82, 2.24) is 15.1 Å². The van der Waals surface area contributed by atoms with Crippen LogP contribution in [0.25, 0.3) is 10.9 Å². The number of rotatable bonds is 4. The molecule has 3 aromatic rings. The fourth-order valence-corrected chi connectivity index (χ4v) is 3.14. The average Bonchev–Trinajstić information content (AvgIpc) is 3.37. The maximum atomic E-state index is 12.3. The molecule has 4 rings (SSSR count). The molecule has 1 amide bonds. The molecule has 0 unspecified atom stereocenters. The summed E-state index contributed by atoms with van der Waals surface area (Å²) in [7, 11) is 0. The third-order valence-corrected chi connectivity index (χ3v) is 4.64. The molecule has 0 saturated carbocycles.